The van der Waals surface area contributed by atoms with E-state index in [1.807, 2.05) is 0 Å². The van der Waals surface area contributed by atoms with E-state index >= 15 is 0 Å². The van der Waals surface area contributed by atoms with Crippen molar-refractivity contribution in [2.75, 3.05) is 11.5 Å². The van der Waals surface area contributed by atoms with E-state index in [1.165, 1.54) is 6.42 Å². The first-order chi connectivity index (χ1) is 10.4. The van der Waals surface area contributed by atoms with Gasteiger partial charge in [-0.05, 0) is 32.1 Å². The smallest absolute Gasteiger partial charge is 0.235 e. The van der Waals surface area contributed by atoms with E-state index in [1.54, 1.807) is 0 Å². The summed E-state index contributed by atoms with van der Waals surface area (Å²) in [6.45, 7) is 0. The number of carbonyl (C=O) groups is 2. The van der Waals surface area contributed by atoms with E-state index in [9.17, 15) is 18.0 Å². The fraction of sp³-hybridized carbons (Fsp3) is 0.867. The average molecular weight is 328 g/mol. The molecule has 124 valence electrons. The van der Waals surface area contributed by atoms with Gasteiger partial charge in [-0.15, -0.1) is 0 Å². The van der Waals surface area contributed by atoms with Gasteiger partial charge in [-0.2, -0.15) is 0 Å². The van der Waals surface area contributed by atoms with Gasteiger partial charge in [-0.3, -0.25) is 9.59 Å². The minimum absolute atomic E-state index is 0.000929. The normalized spacial score (nSPS) is 29.7. The van der Waals surface area contributed by atoms with Crippen LogP contribution in [0.4, 0.5) is 0 Å². The molecule has 3 aliphatic rings. The molecule has 1 aliphatic heterocycles. The molecule has 2 aliphatic carbocycles. The maximum absolute atomic E-state index is 12.4. The van der Waals surface area contributed by atoms with Crippen molar-refractivity contribution in [3.63, 3.8) is 0 Å². The molecule has 2 amide bonds. The van der Waals surface area contributed by atoms with Crippen molar-refractivity contribution < 1.29 is 18.0 Å². The SMILES string of the molecule is O=C(NC1CCCCC1)C1(C(=O)NC2CCS(=O)(=O)C2)CC1. The highest BCUT2D eigenvalue weighted by Crippen LogP contribution is 2.46. The van der Waals surface area contributed by atoms with Crippen molar-refractivity contribution in [2.45, 2.75) is 63.5 Å². The van der Waals surface area contributed by atoms with Crippen molar-refractivity contribution in [2.24, 2.45) is 5.41 Å². The van der Waals surface area contributed by atoms with Crippen LogP contribution in [0.5, 0.6) is 0 Å². The Morgan fingerprint density at radius 1 is 0.864 bits per heavy atom. The summed E-state index contributed by atoms with van der Waals surface area (Å²) in [4.78, 5) is 24.9. The number of rotatable bonds is 4. The molecule has 2 N–H and O–H groups in total. The molecule has 3 rings (SSSR count). The van der Waals surface area contributed by atoms with E-state index in [0.717, 1.165) is 25.7 Å². The Labute approximate surface area is 131 Å². The van der Waals surface area contributed by atoms with Crippen molar-refractivity contribution in [3.8, 4) is 0 Å². The lowest BCUT2D eigenvalue weighted by molar-refractivity contribution is -0.138. The predicted octanol–water partition coefficient (Wildman–Crippen LogP) is 0.519. The van der Waals surface area contributed by atoms with Crippen LogP contribution in [0.25, 0.3) is 0 Å². The molecule has 0 aromatic carbocycles. The molecule has 7 heteroatoms. The molecule has 0 aromatic rings. The first-order valence-electron chi connectivity index (χ1n) is 8.24. The number of amides is 2. The molecule has 1 atom stereocenters. The Bertz CT molecular complexity index is 562. The van der Waals surface area contributed by atoms with E-state index in [2.05, 4.69) is 10.6 Å². The molecular formula is C15H24N2O4S. The van der Waals surface area contributed by atoms with Crippen molar-refractivity contribution in [1.82, 2.24) is 10.6 Å². The molecule has 0 bridgehead atoms. The number of carbonyl (C=O) groups excluding carboxylic acids is 2. The fourth-order valence-corrected chi connectivity index (χ4v) is 5.16. The maximum atomic E-state index is 12.4. The summed E-state index contributed by atoms with van der Waals surface area (Å²) in [7, 11) is -3.02. The van der Waals surface area contributed by atoms with Crippen LogP contribution in [0.2, 0.25) is 0 Å². The molecule has 1 unspecified atom stereocenters. The van der Waals surface area contributed by atoms with Crippen LogP contribution in [0.3, 0.4) is 0 Å². The lowest BCUT2D eigenvalue weighted by atomic mass is 9.94. The molecule has 1 saturated heterocycles. The molecule has 2 saturated carbocycles. The molecule has 22 heavy (non-hydrogen) atoms. The standard InChI is InChI=1S/C15H24N2O4S/c18-13(16-11-4-2-1-3-5-11)15(7-8-15)14(19)17-12-6-9-22(20,21)10-12/h11-12H,1-10H2,(H,16,18)(H,17,19). The van der Waals surface area contributed by atoms with Crippen LogP contribution >= 0.6 is 0 Å². The molecule has 0 aromatic heterocycles. The highest BCUT2D eigenvalue weighted by atomic mass is 32.2. The zero-order chi connectivity index (χ0) is 15.8. The Morgan fingerprint density at radius 2 is 1.45 bits per heavy atom. The highest BCUT2D eigenvalue weighted by Gasteiger charge is 2.57. The third-order valence-electron chi connectivity index (χ3n) is 5.13. The Kier molecular flexibility index (Phi) is 4.18. The largest absolute Gasteiger partial charge is 0.352 e. The molecule has 3 fully saturated rings. The molecule has 0 radical (unpaired) electrons. The zero-order valence-electron chi connectivity index (χ0n) is 12.8. The summed E-state index contributed by atoms with van der Waals surface area (Å²) >= 11 is 0. The minimum atomic E-state index is -3.02. The monoisotopic (exact) mass is 328 g/mol. The maximum Gasteiger partial charge on any atom is 0.235 e. The zero-order valence-corrected chi connectivity index (χ0v) is 13.6. The van der Waals surface area contributed by atoms with Gasteiger partial charge in [0.2, 0.25) is 11.8 Å². The van der Waals surface area contributed by atoms with Crippen LogP contribution in [-0.2, 0) is 19.4 Å². The third kappa shape index (κ3) is 3.29. The number of hydrogen-bond acceptors (Lipinski definition) is 4. The van der Waals surface area contributed by atoms with Gasteiger partial charge >= 0.3 is 0 Å². The number of nitrogens with one attached hydrogen (secondary N) is 2. The summed E-state index contributed by atoms with van der Waals surface area (Å²) in [5, 5.41) is 5.80. The Morgan fingerprint density at radius 3 is 1.95 bits per heavy atom. The average Bonchev–Trinajstić information content (AvgIpc) is 3.21. The van der Waals surface area contributed by atoms with E-state index in [0.29, 0.717) is 19.3 Å². The van der Waals surface area contributed by atoms with E-state index in [-0.39, 0.29) is 35.4 Å². The third-order valence-corrected chi connectivity index (χ3v) is 6.90. The topological polar surface area (TPSA) is 92.3 Å². The van der Waals surface area contributed by atoms with Crippen LogP contribution < -0.4 is 10.6 Å². The lowest BCUT2D eigenvalue weighted by Crippen LogP contribution is -2.49. The van der Waals surface area contributed by atoms with Crippen molar-refractivity contribution in [1.29, 1.82) is 0 Å². The highest BCUT2D eigenvalue weighted by molar-refractivity contribution is 7.91. The molecular weight excluding hydrogens is 304 g/mol. The summed E-state index contributed by atoms with van der Waals surface area (Å²) in [5.41, 5.74) is -0.941. The van der Waals surface area contributed by atoms with Crippen LogP contribution in [0.15, 0.2) is 0 Å². The van der Waals surface area contributed by atoms with Crippen molar-refractivity contribution >= 4 is 21.7 Å². The predicted molar refractivity (Wildman–Crippen MR) is 81.9 cm³/mol. The fourth-order valence-electron chi connectivity index (χ4n) is 3.49. The van der Waals surface area contributed by atoms with Gasteiger partial charge in [0.05, 0.1) is 11.5 Å². The van der Waals surface area contributed by atoms with Crippen molar-refractivity contribution in [3.05, 3.63) is 0 Å². The second kappa shape index (κ2) is 5.83. The summed E-state index contributed by atoms with van der Waals surface area (Å²) in [5.74, 6) is -0.334. The first kappa shape index (κ1) is 15.8. The summed E-state index contributed by atoms with van der Waals surface area (Å²) in [6, 6.07) is -0.143. The Hall–Kier alpha value is -1.11. The Balaban J connectivity index is 1.55. The second-order valence-corrected chi connectivity index (χ2v) is 9.19. The molecule has 0 spiro atoms. The number of hydrogen-bond donors (Lipinski definition) is 2. The van der Waals surface area contributed by atoms with Crippen LogP contribution in [0, 0.1) is 5.41 Å². The van der Waals surface area contributed by atoms with Gasteiger partial charge in [0.1, 0.15) is 5.41 Å². The van der Waals surface area contributed by atoms with Gasteiger partial charge in [0, 0.05) is 12.1 Å². The number of sulfone groups is 1. The van der Waals surface area contributed by atoms with Gasteiger partial charge in [0.15, 0.2) is 9.84 Å². The second-order valence-electron chi connectivity index (χ2n) is 6.96. The van der Waals surface area contributed by atoms with Crippen LogP contribution in [0.1, 0.15) is 51.4 Å². The van der Waals surface area contributed by atoms with Gasteiger partial charge in [-0.1, -0.05) is 19.3 Å². The summed E-state index contributed by atoms with van der Waals surface area (Å²) < 4.78 is 22.9. The van der Waals surface area contributed by atoms with Gasteiger partial charge < -0.3 is 10.6 Å². The summed E-state index contributed by atoms with van der Waals surface area (Å²) in [6.07, 6.45) is 7.04. The van der Waals surface area contributed by atoms with Gasteiger partial charge in [0.25, 0.3) is 0 Å². The minimum Gasteiger partial charge on any atom is -0.352 e. The lowest BCUT2D eigenvalue weighted by Gasteiger charge is -2.25. The quantitative estimate of drug-likeness (QED) is 0.736. The van der Waals surface area contributed by atoms with E-state index < -0.39 is 15.3 Å². The van der Waals surface area contributed by atoms with E-state index in [4.69, 9.17) is 0 Å². The molecule has 6 nitrogen and oxygen atoms in total. The first-order valence-corrected chi connectivity index (χ1v) is 10.1. The molecule has 1 heterocycles. The van der Waals surface area contributed by atoms with Crippen LogP contribution in [-0.4, -0.2) is 43.8 Å². The van der Waals surface area contributed by atoms with Gasteiger partial charge in [-0.25, -0.2) is 8.42 Å².